The molecule has 4 rings (SSSR count). The Hall–Kier alpha value is -2.97. The highest BCUT2D eigenvalue weighted by molar-refractivity contribution is 5.98. The van der Waals surface area contributed by atoms with Gasteiger partial charge in [0.25, 0.3) is 11.6 Å². The summed E-state index contributed by atoms with van der Waals surface area (Å²) in [5, 5.41) is 14.6. The second kappa shape index (κ2) is 8.59. The number of nitro groups is 1. The molecule has 1 atom stereocenters. The number of hydrogen-bond donors (Lipinski definition) is 1. The maximum Gasteiger partial charge on any atom is 0.270 e. The summed E-state index contributed by atoms with van der Waals surface area (Å²) in [6, 6.07) is 13.6. The van der Waals surface area contributed by atoms with Crippen molar-refractivity contribution in [2.24, 2.45) is 0 Å². The van der Waals surface area contributed by atoms with Crippen LogP contribution in [0.15, 0.2) is 48.5 Å². The number of carbonyl (C=O) groups is 1. The van der Waals surface area contributed by atoms with Crippen molar-refractivity contribution in [2.45, 2.75) is 12.5 Å². The smallest absolute Gasteiger partial charge is 0.270 e. The van der Waals surface area contributed by atoms with Gasteiger partial charge in [0.2, 0.25) is 0 Å². The molecule has 8 heteroatoms. The van der Waals surface area contributed by atoms with Crippen molar-refractivity contribution in [3.63, 3.8) is 0 Å². The number of nitrogens with zero attached hydrogens (tertiary/aromatic N) is 3. The van der Waals surface area contributed by atoms with Gasteiger partial charge in [-0.1, -0.05) is 18.2 Å². The lowest BCUT2D eigenvalue weighted by atomic mass is 10.1. The lowest BCUT2D eigenvalue weighted by Crippen LogP contribution is -2.49. The van der Waals surface area contributed by atoms with Crippen LogP contribution in [0, 0.1) is 10.1 Å². The summed E-state index contributed by atoms with van der Waals surface area (Å²) < 4.78 is 5.88. The minimum atomic E-state index is -0.489. The van der Waals surface area contributed by atoms with Gasteiger partial charge < -0.3 is 15.0 Å². The van der Waals surface area contributed by atoms with E-state index in [2.05, 4.69) is 10.2 Å². The highest BCUT2D eigenvalue weighted by Gasteiger charge is 2.33. The van der Waals surface area contributed by atoms with Crippen molar-refractivity contribution in [3.05, 3.63) is 64.2 Å². The topological polar surface area (TPSA) is 87.9 Å². The standard InChI is InChI=1S/C21H24N4O4/c26-21(24-11-8-17(15-24)23-12-9-22-10-13-23)19-14-16(25(27)28)6-7-20(19)29-18-4-2-1-3-5-18/h1-7,14,17,22H,8-13,15H2. The average Bonchev–Trinajstić information content (AvgIpc) is 3.25. The van der Waals surface area contributed by atoms with Crippen LogP contribution in [-0.4, -0.2) is 65.9 Å². The van der Waals surface area contributed by atoms with Gasteiger partial charge in [-0.3, -0.25) is 19.8 Å². The van der Waals surface area contributed by atoms with Gasteiger partial charge in [-0.2, -0.15) is 0 Å². The Morgan fingerprint density at radius 1 is 1.10 bits per heavy atom. The zero-order chi connectivity index (χ0) is 20.2. The summed E-state index contributed by atoms with van der Waals surface area (Å²) >= 11 is 0. The second-order valence-electron chi connectivity index (χ2n) is 7.33. The second-order valence-corrected chi connectivity index (χ2v) is 7.33. The number of rotatable bonds is 5. The number of nitro benzene ring substituents is 1. The zero-order valence-corrected chi connectivity index (χ0v) is 16.1. The molecule has 1 N–H and O–H groups in total. The number of likely N-dealkylation sites (tertiary alicyclic amines) is 1. The van der Waals surface area contributed by atoms with E-state index in [9.17, 15) is 14.9 Å². The molecule has 0 bridgehead atoms. The van der Waals surface area contributed by atoms with Gasteiger partial charge in [-0.25, -0.2) is 0 Å². The number of ether oxygens (including phenoxy) is 1. The largest absolute Gasteiger partial charge is 0.457 e. The first-order valence-corrected chi connectivity index (χ1v) is 9.87. The number of nitrogens with one attached hydrogen (secondary N) is 1. The lowest BCUT2D eigenvalue weighted by Gasteiger charge is -2.32. The van der Waals surface area contributed by atoms with Crippen LogP contribution >= 0.6 is 0 Å². The maximum absolute atomic E-state index is 13.3. The third-order valence-electron chi connectivity index (χ3n) is 5.49. The van der Waals surface area contributed by atoms with Gasteiger partial charge in [-0.05, 0) is 24.6 Å². The van der Waals surface area contributed by atoms with Gasteiger partial charge in [0.15, 0.2) is 0 Å². The van der Waals surface area contributed by atoms with Crippen LogP contribution in [0.4, 0.5) is 5.69 Å². The van der Waals surface area contributed by atoms with E-state index in [4.69, 9.17) is 4.74 Å². The molecule has 0 spiro atoms. The van der Waals surface area contributed by atoms with Crippen LogP contribution in [0.3, 0.4) is 0 Å². The Morgan fingerprint density at radius 2 is 1.86 bits per heavy atom. The van der Waals surface area contributed by atoms with E-state index < -0.39 is 4.92 Å². The van der Waals surface area contributed by atoms with E-state index in [0.717, 1.165) is 32.6 Å². The molecule has 1 amide bonds. The zero-order valence-electron chi connectivity index (χ0n) is 16.1. The summed E-state index contributed by atoms with van der Waals surface area (Å²) in [5.74, 6) is 0.685. The monoisotopic (exact) mass is 396 g/mol. The van der Waals surface area contributed by atoms with Crippen LogP contribution in [0.5, 0.6) is 11.5 Å². The van der Waals surface area contributed by atoms with Crippen LogP contribution in [0.25, 0.3) is 0 Å². The van der Waals surface area contributed by atoms with E-state index in [1.54, 1.807) is 17.0 Å². The molecule has 0 aromatic heterocycles. The highest BCUT2D eigenvalue weighted by Crippen LogP contribution is 2.31. The van der Waals surface area contributed by atoms with E-state index >= 15 is 0 Å². The molecule has 2 aromatic carbocycles. The molecule has 152 valence electrons. The predicted molar refractivity (Wildman–Crippen MR) is 108 cm³/mol. The normalized spacial score (nSPS) is 19.9. The van der Waals surface area contributed by atoms with Crippen molar-refractivity contribution in [1.29, 1.82) is 0 Å². The van der Waals surface area contributed by atoms with E-state index in [0.29, 0.717) is 30.6 Å². The highest BCUT2D eigenvalue weighted by atomic mass is 16.6. The molecule has 2 fully saturated rings. The van der Waals surface area contributed by atoms with Crippen LogP contribution in [0.2, 0.25) is 0 Å². The third kappa shape index (κ3) is 4.38. The molecular formula is C21H24N4O4. The van der Waals surface area contributed by atoms with E-state index in [1.165, 1.54) is 18.2 Å². The average molecular weight is 396 g/mol. The molecule has 1 unspecified atom stereocenters. The number of non-ortho nitro benzene ring substituents is 1. The predicted octanol–water partition coefficient (Wildman–Crippen LogP) is 2.51. The van der Waals surface area contributed by atoms with Gasteiger partial charge >= 0.3 is 0 Å². The van der Waals surface area contributed by atoms with Gasteiger partial charge in [0.1, 0.15) is 11.5 Å². The molecule has 2 aromatic rings. The Bertz CT molecular complexity index is 884. The first-order chi connectivity index (χ1) is 14.1. The van der Waals surface area contributed by atoms with E-state index in [-0.39, 0.29) is 17.2 Å². The number of para-hydroxylation sites is 1. The first kappa shape index (κ1) is 19.4. The minimum absolute atomic E-state index is 0.119. The van der Waals surface area contributed by atoms with Crippen LogP contribution < -0.4 is 10.1 Å². The number of amides is 1. The number of piperazine rings is 1. The Labute approximate surface area is 169 Å². The molecule has 2 aliphatic heterocycles. The van der Waals surface area contributed by atoms with Crippen LogP contribution in [0.1, 0.15) is 16.8 Å². The van der Waals surface area contributed by atoms with Crippen molar-refractivity contribution in [2.75, 3.05) is 39.3 Å². The molecule has 2 heterocycles. The first-order valence-electron chi connectivity index (χ1n) is 9.87. The maximum atomic E-state index is 13.3. The molecule has 8 nitrogen and oxygen atoms in total. The fraction of sp³-hybridized carbons (Fsp3) is 0.381. The Kier molecular flexibility index (Phi) is 5.73. The summed E-state index contributed by atoms with van der Waals surface area (Å²) in [6.45, 7) is 5.15. The van der Waals surface area contributed by atoms with Crippen molar-refractivity contribution in [1.82, 2.24) is 15.1 Å². The summed E-state index contributed by atoms with van der Waals surface area (Å²) in [6.07, 6.45) is 0.912. The molecule has 29 heavy (non-hydrogen) atoms. The van der Waals surface area contributed by atoms with Gasteiger partial charge in [0.05, 0.1) is 10.5 Å². The fourth-order valence-corrected chi connectivity index (χ4v) is 3.95. The molecule has 2 saturated heterocycles. The molecule has 0 saturated carbocycles. The van der Waals surface area contributed by atoms with Gasteiger partial charge in [-0.15, -0.1) is 0 Å². The lowest BCUT2D eigenvalue weighted by molar-refractivity contribution is -0.384. The summed E-state index contributed by atoms with van der Waals surface area (Å²) in [7, 11) is 0. The van der Waals surface area contributed by atoms with Crippen molar-refractivity contribution in [3.8, 4) is 11.5 Å². The number of carbonyl (C=O) groups excluding carboxylic acids is 1. The number of benzene rings is 2. The van der Waals surface area contributed by atoms with Crippen molar-refractivity contribution < 1.29 is 14.5 Å². The Balaban J connectivity index is 1.56. The Morgan fingerprint density at radius 3 is 2.59 bits per heavy atom. The van der Waals surface area contributed by atoms with Crippen molar-refractivity contribution >= 4 is 11.6 Å². The minimum Gasteiger partial charge on any atom is -0.457 e. The third-order valence-corrected chi connectivity index (χ3v) is 5.49. The van der Waals surface area contributed by atoms with Gasteiger partial charge in [0, 0.05) is 57.4 Å². The number of hydrogen-bond acceptors (Lipinski definition) is 6. The summed E-state index contributed by atoms with van der Waals surface area (Å²) in [5.41, 5.74) is 0.107. The molecule has 0 radical (unpaired) electrons. The molecule has 2 aliphatic rings. The molecule has 0 aliphatic carbocycles. The van der Waals surface area contributed by atoms with E-state index in [1.807, 2.05) is 18.2 Å². The SMILES string of the molecule is O=C(c1cc([N+](=O)[O-])ccc1Oc1ccccc1)N1CCC(N2CCNCC2)C1. The fourth-order valence-electron chi connectivity index (χ4n) is 3.95. The van der Waals surface area contributed by atoms with Crippen LogP contribution in [-0.2, 0) is 0 Å². The quantitative estimate of drug-likeness (QED) is 0.617. The summed E-state index contributed by atoms with van der Waals surface area (Å²) in [4.78, 5) is 28.2. The molecular weight excluding hydrogens is 372 g/mol.